The lowest BCUT2D eigenvalue weighted by atomic mass is 9.98. The molecule has 0 aliphatic carbocycles. The van der Waals surface area contributed by atoms with Crippen LogP contribution in [-0.4, -0.2) is 25.5 Å². The standard InChI is InChI=1S/C13H17BrN2O/c14-12-3-1-11(2-4-12)13(17)16-9-10-5-7-15-8-6-10/h1-4,10,15H,5-9H2,(H,16,17). The van der Waals surface area contributed by atoms with E-state index in [1.807, 2.05) is 24.3 Å². The first kappa shape index (κ1) is 12.6. The fourth-order valence-electron chi connectivity index (χ4n) is 2.03. The topological polar surface area (TPSA) is 41.1 Å². The van der Waals surface area contributed by atoms with Crippen LogP contribution in [0.25, 0.3) is 0 Å². The summed E-state index contributed by atoms with van der Waals surface area (Å²) in [4.78, 5) is 11.9. The van der Waals surface area contributed by atoms with Gasteiger partial charge in [-0.3, -0.25) is 4.79 Å². The molecule has 0 saturated carbocycles. The summed E-state index contributed by atoms with van der Waals surface area (Å²) in [5, 5.41) is 6.33. The van der Waals surface area contributed by atoms with Crippen LogP contribution in [0.4, 0.5) is 0 Å². The van der Waals surface area contributed by atoms with Crippen molar-refractivity contribution < 1.29 is 4.79 Å². The van der Waals surface area contributed by atoms with Crippen molar-refractivity contribution in [3.63, 3.8) is 0 Å². The molecule has 3 nitrogen and oxygen atoms in total. The number of hydrogen-bond donors (Lipinski definition) is 2. The highest BCUT2D eigenvalue weighted by atomic mass is 79.9. The van der Waals surface area contributed by atoms with Crippen molar-refractivity contribution in [1.82, 2.24) is 10.6 Å². The SMILES string of the molecule is O=C(NCC1CCNCC1)c1ccc(Br)cc1. The number of carbonyl (C=O) groups excluding carboxylic acids is 1. The van der Waals surface area contributed by atoms with E-state index in [0.717, 1.165) is 42.5 Å². The van der Waals surface area contributed by atoms with Crippen LogP contribution in [0.5, 0.6) is 0 Å². The Morgan fingerprint density at radius 3 is 2.59 bits per heavy atom. The summed E-state index contributed by atoms with van der Waals surface area (Å²) in [5.74, 6) is 0.645. The number of nitrogens with one attached hydrogen (secondary N) is 2. The van der Waals surface area contributed by atoms with Gasteiger partial charge in [0.2, 0.25) is 0 Å². The van der Waals surface area contributed by atoms with Crippen molar-refractivity contribution in [3.8, 4) is 0 Å². The molecular formula is C13H17BrN2O. The summed E-state index contributed by atoms with van der Waals surface area (Å²) in [6, 6.07) is 7.45. The molecule has 1 aromatic rings. The van der Waals surface area contributed by atoms with Gasteiger partial charge in [0.05, 0.1) is 0 Å². The Morgan fingerprint density at radius 2 is 1.94 bits per heavy atom. The van der Waals surface area contributed by atoms with Gasteiger partial charge in [0.1, 0.15) is 0 Å². The number of hydrogen-bond acceptors (Lipinski definition) is 2. The summed E-state index contributed by atoms with van der Waals surface area (Å²) in [5.41, 5.74) is 0.724. The Balaban J connectivity index is 1.82. The Kier molecular flexibility index (Phi) is 4.57. The zero-order valence-electron chi connectivity index (χ0n) is 9.71. The number of halogens is 1. The van der Waals surface area contributed by atoms with E-state index in [9.17, 15) is 4.79 Å². The summed E-state index contributed by atoms with van der Waals surface area (Å²) in [6.07, 6.45) is 2.31. The van der Waals surface area contributed by atoms with Gasteiger partial charge in [0.15, 0.2) is 0 Å². The molecule has 1 fully saturated rings. The quantitative estimate of drug-likeness (QED) is 0.898. The van der Waals surface area contributed by atoms with E-state index in [-0.39, 0.29) is 5.91 Å². The molecular weight excluding hydrogens is 280 g/mol. The zero-order valence-corrected chi connectivity index (χ0v) is 11.3. The average molecular weight is 297 g/mol. The van der Waals surface area contributed by atoms with E-state index in [0.29, 0.717) is 5.92 Å². The van der Waals surface area contributed by atoms with Crippen LogP contribution in [0.3, 0.4) is 0 Å². The number of piperidine rings is 1. The third-order valence-corrected chi connectivity index (χ3v) is 3.65. The van der Waals surface area contributed by atoms with Crippen LogP contribution in [0.15, 0.2) is 28.7 Å². The van der Waals surface area contributed by atoms with E-state index in [2.05, 4.69) is 26.6 Å². The van der Waals surface area contributed by atoms with Gasteiger partial charge in [-0.05, 0) is 56.1 Å². The van der Waals surface area contributed by atoms with Crippen molar-refractivity contribution in [3.05, 3.63) is 34.3 Å². The highest BCUT2D eigenvalue weighted by Gasteiger charge is 2.14. The van der Waals surface area contributed by atoms with Crippen molar-refractivity contribution in [2.24, 2.45) is 5.92 Å². The maximum atomic E-state index is 11.9. The third kappa shape index (κ3) is 3.82. The molecule has 1 aliphatic rings. The number of carbonyl (C=O) groups is 1. The largest absolute Gasteiger partial charge is 0.352 e. The lowest BCUT2D eigenvalue weighted by Crippen LogP contribution is -2.35. The van der Waals surface area contributed by atoms with E-state index >= 15 is 0 Å². The van der Waals surface area contributed by atoms with Crippen molar-refractivity contribution in [2.45, 2.75) is 12.8 Å². The molecule has 1 aliphatic heterocycles. The molecule has 1 amide bonds. The second-order valence-corrected chi connectivity index (χ2v) is 5.33. The van der Waals surface area contributed by atoms with Crippen LogP contribution in [0.1, 0.15) is 23.2 Å². The second kappa shape index (κ2) is 6.17. The number of amides is 1. The molecule has 1 heterocycles. The molecule has 0 spiro atoms. The molecule has 1 saturated heterocycles. The zero-order chi connectivity index (χ0) is 12.1. The normalized spacial score (nSPS) is 16.8. The van der Waals surface area contributed by atoms with Crippen LogP contribution < -0.4 is 10.6 Å². The lowest BCUT2D eigenvalue weighted by molar-refractivity contribution is 0.0944. The molecule has 92 valence electrons. The summed E-state index contributed by atoms with van der Waals surface area (Å²) in [7, 11) is 0. The molecule has 2 N–H and O–H groups in total. The average Bonchev–Trinajstić information content (AvgIpc) is 2.38. The van der Waals surface area contributed by atoms with Crippen LogP contribution in [-0.2, 0) is 0 Å². The minimum atomic E-state index is 0.0241. The smallest absolute Gasteiger partial charge is 0.251 e. The Labute approximate surface area is 110 Å². The minimum absolute atomic E-state index is 0.0241. The maximum Gasteiger partial charge on any atom is 0.251 e. The lowest BCUT2D eigenvalue weighted by Gasteiger charge is -2.22. The summed E-state index contributed by atoms with van der Waals surface area (Å²) >= 11 is 3.36. The summed E-state index contributed by atoms with van der Waals surface area (Å²) < 4.78 is 0.993. The van der Waals surface area contributed by atoms with Crippen LogP contribution in [0.2, 0.25) is 0 Å². The second-order valence-electron chi connectivity index (χ2n) is 4.41. The van der Waals surface area contributed by atoms with Crippen molar-refractivity contribution in [2.75, 3.05) is 19.6 Å². The molecule has 2 rings (SSSR count). The van der Waals surface area contributed by atoms with Crippen molar-refractivity contribution >= 4 is 21.8 Å². The highest BCUT2D eigenvalue weighted by Crippen LogP contribution is 2.12. The highest BCUT2D eigenvalue weighted by molar-refractivity contribution is 9.10. The van der Waals surface area contributed by atoms with E-state index in [1.54, 1.807) is 0 Å². The molecule has 0 atom stereocenters. The minimum Gasteiger partial charge on any atom is -0.352 e. The van der Waals surface area contributed by atoms with Gasteiger partial charge in [-0.1, -0.05) is 15.9 Å². The number of benzene rings is 1. The van der Waals surface area contributed by atoms with E-state index in [4.69, 9.17) is 0 Å². The first-order chi connectivity index (χ1) is 8.25. The van der Waals surface area contributed by atoms with Gasteiger partial charge in [-0.15, -0.1) is 0 Å². The monoisotopic (exact) mass is 296 g/mol. The Hall–Kier alpha value is -0.870. The van der Waals surface area contributed by atoms with Gasteiger partial charge < -0.3 is 10.6 Å². The first-order valence-electron chi connectivity index (χ1n) is 6.00. The maximum absolute atomic E-state index is 11.9. The molecule has 0 unspecified atom stereocenters. The van der Waals surface area contributed by atoms with Gasteiger partial charge in [0.25, 0.3) is 5.91 Å². The van der Waals surface area contributed by atoms with Gasteiger partial charge in [-0.2, -0.15) is 0 Å². The predicted molar refractivity (Wildman–Crippen MR) is 72.1 cm³/mol. The van der Waals surface area contributed by atoms with Crippen molar-refractivity contribution in [1.29, 1.82) is 0 Å². The third-order valence-electron chi connectivity index (χ3n) is 3.12. The van der Waals surface area contributed by atoms with Gasteiger partial charge >= 0.3 is 0 Å². The van der Waals surface area contributed by atoms with E-state index in [1.165, 1.54) is 0 Å². The fraction of sp³-hybridized carbons (Fsp3) is 0.462. The molecule has 0 radical (unpaired) electrons. The summed E-state index contributed by atoms with van der Waals surface area (Å²) in [6.45, 7) is 2.92. The van der Waals surface area contributed by atoms with Crippen LogP contribution >= 0.6 is 15.9 Å². The molecule has 1 aromatic carbocycles. The fourth-order valence-corrected chi connectivity index (χ4v) is 2.29. The Bertz CT molecular complexity index is 372. The van der Waals surface area contributed by atoms with Gasteiger partial charge in [-0.25, -0.2) is 0 Å². The number of rotatable bonds is 3. The first-order valence-corrected chi connectivity index (χ1v) is 6.79. The Morgan fingerprint density at radius 1 is 1.29 bits per heavy atom. The van der Waals surface area contributed by atoms with E-state index < -0.39 is 0 Å². The molecule has 0 bridgehead atoms. The predicted octanol–water partition coefficient (Wildman–Crippen LogP) is 2.18. The van der Waals surface area contributed by atoms with Gasteiger partial charge in [0, 0.05) is 16.6 Å². The molecule has 0 aromatic heterocycles. The molecule has 17 heavy (non-hydrogen) atoms. The van der Waals surface area contributed by atoms with Crippen LogP contribution in [0, 0.1) is 5.92 Å². The molecule has 4 heteroatoms.